The molecular formula is C4H9ArNO2. The second-order valence-electron chi connectivity index (χ2n) is 1.63. The van der Waals surface area contributed by atoms with Gasteiger partial charge in [-0.3, -0.25) is 9.69 Å². The van der Waals surface area contributed by atoms with E-state index in [2.05, 4.69) is 0 Å². The molecule has 0 aliphatic heterocycles. The molecule has 0 aliphatic carbocycles. The van der Waals surface area contributed by atoms with Crippen LogP contribution >= 0.6 is 0 Å². The predicted octanol–water partition coefficient (Wildman–Crippen LogP) is -0.367. The first-order valence-corrected chi connectivity index (χ1v) is 1.99. The summed E-state index contributed by atoms with van der Waals surface area (Å²) in [5.41, 5.74) is 0. The molecule has 50 valence electrons. The van der Waals surface area contributed by atoms with Crippen molar-refractivity contribution in [1.29, 1.82) is 0 Å². The fraction of sp³-hybridized carbons (Fsp3) is 0.750. The smallest absolute Gasteiger partial charge is 0.317 e. The summed E-state index contributed by atoms with van der Waals surface area (Å²) >= 11 is 0. The Kier molecular flexibility index (Phi) is 8.35. The van der Waals surface area contributed by atoms with Crippen molar-refractivity contribution in [3.8, 4) is 0 Å². The fourth-order valence-electron chi connectivity index (χ4n) is 0.271. The minimum atomic E-state index is -0.787. The normalized spacial score (nSPS) is 8.38. The summed E-state index contributed by atoms with van der Waals surface area (Å²) < 4.78 is 0. The van der Waals surface area contributed by atoms with Gasteiger partial charge in [0.15, 0.2) is 0 Å². The topological polar surface area (TPSA) is 40.5 Å². The molecule has 0 aliphatic rings. The first kappa shape index (κ1) is 11.5. The van der Waals surface area contributed by atoms with Crippen LogP contribution < -0.4 is 0 Å². The largest absolute Gasteiger partial charge is 0.480 e. The molecule has 0 saturated heterocycles. The number of aliphatic carboxylic acids is 1. The molecule has 0 bridgehead atoms. The monoisotopic (exact) mass is 143 g/mol. The van der Waals surface area contributed by atoms with E-state index in [0.717, 1.165) is 0 Å². The van der Waals surface area contributed by atoms with Gasteiger partial charge >= 0.3 is 5.97 Å². The molecule has 8 heavy (non-hydrogen) atoms. The van der Waals surface area contributed by atoms with Gasteiger partial charge in [-0.1, -0.05) is 0 Å². The molecule has 0 radical (unpaired) electrons. The molecule has 0 heterocycles. The van der Waals surface area contributed by atoms with Crippen molar-refractivity contribution >= 4 is 5.97 Å². The average molecular weight is 143 g/mol. The Labute approximate surface area is 78.7 Å². The van der Waals surface area contributed by atoms with Crippen molar-refractivity contribution in [2.75, 3.05) is 20.6 Å². The van der Waals surface area contributed by atoms with Crippen LogP contribution in [0.3, 0.4) is 0 Å². The van der Waals surface area contributed by atoms with Crippen molar-refractivity contribution in [1.82, 2.24) is 4.90 Å². The van der Waals surface area contributed by atoms with Crippen molar-refractivity contribution in [2.24, 2.45) is 0 Å². The Morgan fingerprint density at radius 2 is 2.00 bits per heavy atom. The second kappa shape index (κ2) is 5.82. The van der Waals surface area contributed by atoms with E-state index in [4.69, 9.17) is 5.11 Å². The molecular weight excluding hydrogens is 134 g/mol. The molecule has 0 aromatic carbocycles. The molecule has 0 fully saturated rings. The number of carboxylic acid groups (broad SMARTS) is 1. The molecule has 0 unspecified atom stereocenters. The number of hydrogen-bond acceptors (Lipinski definition) is 2. The summed E-state index contributed by atoms with van der Waals surface area (Å²) in [5.74, 6) is -0.787. The summed E-state index contributed by atoms with van der Waals surface area (Å²) in [7, 11) is 3.43. The van der Waals surface area contributed by atoms with Gasteiger partial charge in [-0.25, -0.2) is 0 Å². The first-order valence-electron chi connectivity index (χ1n) is 1.99. The van der Waals surface area contributed by atoms with Gasteiger partial charge in [-0.2, -0.15) is 0 Å². The number of hydrogen-bond donors (Lipinski definition) is 1. The van der Waals surface area contributed by atoms with Crippen molar-refractivity contribution in [2.45, 2.75) is 0 Å². The van der Waals surface area contributed by atoms with Crippen LogP contribution in [-0.4, -0.2) is 36.6 Å². The van der Waals surface area contributed by atoms with Gasteiger partial charge in [0, 0.05) is 37.7 Å². The van der Waals surface area contributed by atoms with Crippen LogP contribution in [0.1, 0.15) is 0 Å². The molecule has 0 amide bonds. The van der Waals surface area contributed by atoms with Crippen LogP contribution in [0.5, 0.6) is 0 Å². The van der Waals surface area contributed by atoms with E-state index in [1.54, 1.807) is 19.0 Å². The van der Waals surface area contributed by atoms with Crippen molar-refractivity contribution < 1.29 is 47.6 Å². The minimum absolute atomic E-state index is 0. The van der Waals surface area contributed by atoms with E-state index in [9.17, 15) is 4.79 Å². The molecule has 0 aromatic heterocycles. The zero-order chi connectivity index (χ0) is 5.86. The third kappa shape index (κ3) is 9.85. The molecule has 4 heteroatoms. The Bertz CT molecular complexity index is 74.4. The Hall–Kier alpha value is 0.690. The Balaban J connectivity index is 0. The predicted molar refractivity (Wildman–Crippen MR) is 26.2 cm³/mol. The Morgan fingerprint density at radius 3 is 2.00 bits per heavy atom. The van der Waals surface area contributed by atoms with E-state index < -0.39 is 5.97 Å². The maximum Gasteiger partial charge on any atom is 0.317 e. The standard InChI is InChI=1S/C4H9NO2.Ar/c1-5(2)3-4(6)7;/h3H2,1-2H3,(H,6,7);. The maximum absolute atomic E-state index is 9.77. The van der Waals surface area contributed by atoms with Gasteiger partial charge in [0.05, 0.1) is 6.54 Å². The third-order valence-corrected chi connectivity index (χ3v) is 0.451. The third-order valence-electron chi connectivity index (χ3n) is 0.451. The number of carbonyl (C=O) groups is 1. The summed E-state index contributed by atoms with van der Waals surface area (Å²) in [6, 6.07) is 0. The van der Waals surface area contributed by atoms with Crippen LogP contribution in [0.2, 0.25) is 0 Å². The first-order chi connectivity index (χ1) is 3.13. The molecule has 0 aromatic rings. The maximum atomic E-state index is 9.77. The van der Waals surface area contributed by atoms with Crippen molar-refractivity contribution in [3.63, 3.8) is 0 Å². The van der Waals surface area contributed by atoms with E-state index in [1.165, 1.54) is 0 Å². The van der Waals surface area contributed by atoms with Crippen LogP contribution in [0.15, 0.2) is 0 Å². The van der Waals surface area contributed by atoms with Crippen LogP contribution in [0.4, 0.5) is 0 Å². The van der Waals surface area contributed by atoms with E-state index >= 15 is 0 Å². The number of carboxylic acids is 1. The second-order valence-corrected chi connectivity index (χ2v) is 1.63. The number of nitrogens with zero attached hydrogens (tertiary/aromatic N) is 1. The minimum Gasteiger partial charge on any atom is -0.480 e. The van der Waals surface area contributed by atoms with Gasteiger partial charge in [-0.05, 0) is 14.1 Å². The average Bonchev–Trinajstić information content (AvgIpc) is 1.27. The zero-order valence-corrected chi connectivity index (χ0v) is 5.57. The summed E-state index contributed by atoms with van der Waals surface area (Å²) in [6.45, 7) is 0.111. The summed E-state index contributed by atoms with van der Waals surface area (Å²) in [4.78, 5) is 11.4. The molecule has 0 rings (SSSR count). The molecule has 0 atom stereocenters. The molecule has 0 saturated carbocycles. The van der Waals surface area contributed by atoms with Gasteiger partial charge in [0.2, 0.25) is 0 Å². The molecule has 0 spiro atoms. The van der Waals surface area contributed by atoms with Gasteiger partial charge in [0.25, 0.3) is 0 Å². The van der Waals surface area contributed by atoms with Crippen LogP contribution in [0.25, 0.3) is 0 Å². The van der Waals surface area contributed by atoms with Crippen LogP contribution in [0, 0.1) is 37.7 Å². The van der Waals surface area contributed by atoms with E-state index in [1.807, 2.05) is 0 Å². The van der Waals surface area contributed by atoms with Gasteiger partial charge in [-0.15, -0.1) is 0 Å². The number of likely N-dealkylation sites (N-methyl/N-ethyl adjacent to an activating group) is 1. The molecule has 1 N–H and O–H groups in total. The Morgan fingerprint density at radius 1 is 1.62 bits per heavy atom. The van der Waals surface area contributed by atoms with Gasteiger partial charge in [0.1, 0.15) is 0 Å². The van der Waals surface area contributed by atoms with E-state index in [0.29, 0.717) is 0 Å². The number of rotatable bonds is 2. The molecule has 3 nitrogen and oxygen atoms in total. The SMILES string of the molecule is CN(C)CC(=O)O.[Ar]. The van der Waals surface area contributed by atoms with Crippen molar-refractivity contribution in [3.05, 3.63) is 0 Å². The van der Waals surface area contributed by atoms with E-state index in [-0.39, 0.29) is 44.3 Å². The van der Waals surface area contributed by atoms with Crippen LogP contribution in [-0.2, 0) is 4.79 Å². The zero-order valence-electron chi connectivity index (χ0n) is 4.86. The quantitative estimate of drug-likeness (QED) is 0.573. The summed E-state index contributed by atoms with van der Waals surface area (Å²) in [6.07, 6.45) is 0. The fourth-order valence-corrected chi connectivity index (χ4v) is 0.271. The van der Waals surface area contributed by atoms with Gasteiger partial charge < -0.3 is 5.11 Å². The summed E-state index contributed by atoms with van der Waals surface area (Å²) in [5, 5.41) is 8.04.